The van der Waals surface area contributed by atoms with Crippen LogP contribution in [0.1, 0.15) is 0 Å². The number of fused-ring (bicyclic) bond motifs is 1. The average Bonchev–Trinajstić information content (AvgIpc) is 3.38. The SMILES string of the molecule is Clc1ccc2[nH]c(-c3ccccc3)c(-c3cc(-c4cc(Cl)sc4Cl)no3)c2c1. The van der Waals surface area contributed by atoms with Crippen LogP contribution < -0.4 is 0 Å². The molecule has 5 rings (SSSR count). The highest BCUT2D eigenvalue weighted by Gasteiger charge is 2.21. The Morgan fingerprint density at radius 3 is 2.50 bits per heavy atom. The van der Waals surface area contributed by atoms with Crippen molar-refractivity contribution in [2.45, 2.75) is 0 Å². The summed E-state index contributed by atoms with van der Waals surface area (Å²) in [4.78, 5) is 3.48. The number of nitrogens with one attached hydrogen (secondary N) is 1. The van der Waals surface area contributed by atoms with Crippen molar-refractivity contribution in [1.82, 2.24) is 10.1 Å². The molecule has 0 amide bonds. The molecular formula is C21H11Cl3N2OS. The standard InChI is InChI=1S/C21H11Cl3N2OS/c22-12-6-7-15-13(8-12)19(20(25-15)11-4-2-1-3-5-11)17-10-16(26-27-17)14-9-18(23)28-21(14)24/h1-10,25H. The zero-order valence-corrected chi connectivity index (χ0v) is 17.3. The first kappa shape index (κ1) is 17.8. The summed E-state index contributed by atoms with van der Waals surface area (Å²) in [5, 5.41) is 5.84. The van der Waals surface area contributed by atoms with Gasteiger partial charge in [-0.2, -0.15) is 0 Å². The van der Waals surface area contributed by atoms with Crippen LogP contribution in [0.4, 0.5) is 0 Å². The van der Waals surface area contributed by atoms with Crippen molar-refractivity contribution < 1.29 is 4.52 Å². The minimum Gasteiger partial charge on any atom is -0.356 e. The Morgan fingerprint density at radius 2 is 1.75 bits per heavy atom. The van der Waals surface area contributed by atoms with Crippen LogP contribution in [0.25, 0.3) is 44.7 Å². The van der Waals surface area contributed by atoms with E-state index in [2.05, 4.69) is 10.1 Å². The van der Waals surface area contributed by atoms with Gasteiger partial charge in [0.2, 0.25) is 0 Å². The normalized spacial score (nSPS) is 11.4. The zero-order valence-electron chi connectivity index (χ0n) is 14.2. The molecule has 0 aliphatic carbocycles. The highest BCUT2D eigenvalue weighted by atomic mass is 35.5. The van der Waals surface area contributed by atoms with E-state index >= 15 is 0 Å². The van der Waals surface area contributed by atoms with E-state index in [0.717, 1.165) is 33.3 Å². The molecule has 3 aromatic heterocycles. The fourth-order valence-electron chi connectivity index (χ4n) is 3.28. The lowest BCUT2D eigenvalue weighted by Gasteiger charge is -2.01. The highest BCUT2D eigenvalue weighted by Crippen LogP contribution is 2.42. The highest BCUT2D eigenvalue weighted by molar-refractivity contribution is 7.20. The van der Waals surface area contributed by atoms with E-state index in [1.165, 1.54) is 11.3 Å². The van der Waals surface area contributed by atoms with E-state index in [1.807, 2.05) is 54.6 Å². The van der Waals surface area contributed by atoms with Crippen LogP contribution in [0.15, 0.2) is 65.2 Å². The number of aromatic amines is 1. The van der Waals surface area contributed by atoms with E-state index < -0.39 is 0 Å². The number of aromatic nitrogens is 2. The number of hydrogen-bond donors (Lipinski definition) is 1. The first-order valence-electron chi connectivity index (χ1n) is 8.39. The minimum atomic E-state index is 0.579. The number of H-pyrrole nitrogens is 1. The second-order valence-electron chi connectivity index (χ2n) is 6.25. The number of nitrogens with zero attached hydrogens (tertiary/aromatic N) is 1. The quantitative estimate of drug-likeness (QED) is 0.304. The fraction of sp³-hybridized carbons (Fsp3) is 0. The van der Waals surface area contributed by atoms with Gasteiger partial charge in [-0.15, -0.1) is 11.3 Å². The van der Waals surface area contributed by atoms with Gasteiger partial charge in [-0.05, 0) is 29.8 Å². The summed E-state index contributed by atoms with van der Waals surface area (Å²) < 4.78 is 6.91. The first-order chi connectivity index (χ1) is 13.6. The van der Waals surface area contributed by atoms with Gasteiger partial charge in [0.15, 0.2) is 5.76 Å². The minimum absolute atomic E-state index is 0.579. The lowest BCUT2D eigenvalue weighted by Crippen LogP contribution is -1.80. The van der Waals surface area contributed by atoms with Crippen LogP contribution in [-0.4, -0.2) is 10.1 Å². The Bertz CT molecular complexity index is 1300. The van der Waals surface area contributed by atoms with Gasteiger partial charge in [0.05, 0.1) is 15.6 Å². The molecule has 0 aliphatic heterocycles. The van der Waals surface area contributed by atoms with Crippen LogP contribution >= 0.6 is 46.1 Å². The smallest absolute Gasteiger partial charge is 0.170 e. The second kappa shape index (κ2) is 6.98. The molecule has 1 N–H and O–H groups in total. The van der Waals surface area contributed by atoms with E-state index in [9.17, 15) is 0 Å². The molecule has 0 spiro atoms. The van der Waals surface area contributed by atoms with E-state index in [4.69, 9.17) is 39.3 Å². The topological polar surface area (TPSA) is 41.8 Å². The van der Waals surface area contributed by atoms with Gasteiger partial charge >= 0.3 is 0 Å². The molecule has 0 atom stereocenters. The van der Waals surface area contributed by atoms with Gasteiger partial charge < -0.3 is 9.51 Å². The molecule has 0 saturated carbocycles. The molecule has 0 fully saturated rings. The lowest BCUT2D eigenvalue weighted by molar-refractivity contribution is 0.435. The number of rotatable bonds is 3. The second-order valence-corrected chi connectivity index (χ2v) is 8.97. The molecule has 3 heterocycles. The number of halogens is 3. The third kappa shape index (κ3) is 3.03. The first-order valence-corrected chi connectivity index (χ1v) is 10.3. The molecule has 0 bridgehead atoms. The van der Waals surface area contributed by atoms with Crippen molar-refractivity contribution in [3.63, 3.8) is 0 Å². The molecule has 138 valence electrons. The third-order valence-electron chi connectivity index (χ3n) is 4.51. The van der Waals surface area contributed by atoms with Crippen LogP contribution in [-0.2, 0) is 0 Å². The van der Waals surface area contributed by atoms with Crippen molar-refractivity contribution in [1.29, 1.82) is 0 Å². The van der Waals surface area contributed by atoms with E-state index in [1.54, 1.807) is 6.07 Å². The van der Waals surface area contributed by atoms with E-state index in [0.29, 0.717) is 25.1 Å². The zero-order chi connectivity index (χ0) is 19.3. The molecule has 5 aromatic rings. The Morgan fingerprint density at radius 1 is 0.929 bits per heavy atom. The maximum Gasteiger partial charge on any atom is 0.170 e. The van der Waals surface area contributed by atoms with Crippen molar-refractivity contribution in [2.75, 3.05) is 0 Å². The van der Waals surface area contributed by atoms with E-state index in [-0.39, 0.29) is 0 Å². The average molecular weight is 446 g/mol. The number of thiophene rings is 1. The Kier molecular flexibility index (Phi) is 4.44. The molecular weight excluding hydrogens is 435 g/mol. The molecule has 0 aliphatic rings. The molecule has 28 heavy (non-hydrogen) atoms. The van der Waals surface area contributed by atoms with Gasteiger partial charge in [0.25, 0.3) is 0 Å². The largest absolute Gasteiger partial charge is 0.356 e. The van der Waals surface area contributed by atoms with Crippen molar-refractivity contribution in [3.8, 4) is 33.8 Å². The summed E-state index contributed by atoms with van der Waals surface area (Å²) in [6.45, 7) is 0. The van der Waals surface area contributed by atoms with Crippen LogP contribution in [0.3, 0.4) is 0 Å². The predicted octanol–water partition coefficient (Wildman–Crippen LogP) is 8.18. The number of benzene rings is 2. The maximum atomic E-state index is 6.29. The summed E-state index contributed by atoms with van der Waals surface area (Å²) in [5.74, 6) is 0.626. The monoisotopic (exact) mass is 444 g/mol. The molecule has 0 saturated heterocycles. The molecule has 2 aromatic carbocycles. The summed E-state index contributed by atoms with van der Waals surface area (Å²) in [6, 6.07) is 19.5. The van der Waals surface area contributed by atoms with Gasteiger partial charge in [-0.25, -0.2) is 0 Å². The Hall–Kier alpha value is -2.24. The van der Waals surface area contributed by atoms with Gasteiger partial charge in [0, 0.05) is 27.6 Å². The van der Waals surface area contributed by atoms with Crippen molar-refractivity contribution in [2.24, 2.45) is 0 Å². The summed E-state index contributed by atoms with van der Waals surface area (Å²) in [6.07, 6.45) is 0. The Balaban J connectivity index is 1.74. The van der Waals surface area contributed by atoms with Crippen LogP contribution in [0, 0.1) is 0 Å². The van der Waals surface area contributed by atoms with Crippen molar-refractivity contribution >= 4 is 57.0 Å². The maximum absolute atomic E-state index is 6.29. The Labute approximate surface area is 179 Å². The van der Waals surface area contributed by atoms with Crippen LogP contribution in [0.5, 0.6) is 0 Å². The third-order valence-corrected chi connectivity index (χ3v) is 6.23. The lowest BCUT2D eigenvalue weighted by atomic mass is 10.0. The fourth-order valence-corrected chi connectivity index (χ4v) is 4.93. The molecule has 3 nitrogen and oxygen atoms in total. The predicted molar refractivity (Wildman–Crippen MR) is 118 cm³/mol. The summed E-state index contributed by atoms with van der Waals surface area (Å²) in [5.41, 5.74) is 5.24. The molecule has 0 unspecified atom stereocenters. The van der Waals surface area contributed by atoms with Crippen molar-refractivity contribution in [3.05, 3.63) is 74.4 Å². The van der Waals surface area contributed by atoms with Crippen LogP contribution in [0.2, 0.25) is 13.7 Å². The van der Waals surface area contributed by atoms with Gasteiger partial charge in [0.1, 0.15) is 10.0 Å². The molecule has 7 heteroatoms. The molecule has 0 radical (unpaired) electrons. The van der Waals surface area contributed by atoms with Gasteiger partial charge in [-0.3, -0.25) is 0 Å². The summed E-state index contributed by atoms with van der Waals surface area (Å²) >= 11 is 19.9. The van der Waals surface area contributed by atoms with Gasteiger partial charge in [-0.1, -0.05) is 70.3 Å². The number of hydrogen-bond acceptors (Lipinski definition) is 3. The summed E-state index contributed by atoms with van der Waals surface area (Å²) in [7, 11) is 0.